The van der Waals surface area contributed by atoms with E-state index < -0.39 is 9.05 Å². The quantitative estimate of drug-likeness (QED) is 0.607. The van der Waals surface area contributed by atoms with Gasteiger partial charge in [0.15, 0.2) is 0 Å². The van der Waals surface area contributed by atoms with Gasteiger partial charge in [-0.1, -0.05) is 0 Å². The first-order chi connectivity index (χ1) is 7.07. The number of rotatable bonds is 2. The van der Waals surface area contributed by atoms with Gasteiger partial charge in [-0.15, -0.1) is 0 Å². The number of nitrogens with zero attached hydrogens (tertiary/aromatic N) is 1. The Hall–Kier alpha value is -0.390. The van der Waals surface area contributed by atoms with Gasteiger partial charge in [0, 0.05) is 28.7 Å². The Balaban J connectivity index is 2.24. The number of benzene rings is 1. The molecule has 1 saturated heterocycles. The Labute approximate surface area is 98.0 Å². The average Bonchev–Trinajstić information content (AvgIpc) is 2.69. The summed E-state index contributed by atoms with van der Waals surface area (Å²) in [4.78, 5) is 0.150. The minimum absolute atomic E-state index is 0.150. The van der Waals surface area contributed by atoms with Gasteiger partial charge in [0.05, 0.1) is 4.90 Å². The van der Waals surface area contributed by atoms with E-state index >= 15 is 0 Å². The van der Waals surface area contributed by atoms with Gasteiger partial charge in [-0.25, -0.2) is 8.42 Å². The van der Waals surface area contributed by atoms with E-state index in [0.717, 1.165) is 18.0 Å². The first kappa shape index (κ1) is 11.1. The molecule has 0 aliphatic carbocycles. The predicted octanol–water partition coefficient (Wildman–Crippen LogP) is 2.47. The zero-order chi connectivity index (χ0) is 10.9. The molecule has 1 fully saturated rings. The molecule has 6 heteroatoms. The molecule has 1 aromatic carbocycles. The highest BCUT2D eigenvalue weighted by atomic mass is 35.7. The normalized spacial score (nSPS) is 17.0. The van der Waals surface area contributed by atoms with Crippen LogP contribution in [0.25, 0.3) is 0 Å². The molecular formula is C9H10ClNO2S2. The van der Waals surface area contributed by atoms with E-state index in [1.807, 2.05) is 0 Å². The van der Waals surface area contributed by atoms with Gasteiger partial charge in [-0.05, 0) is 42.6 Å². The second kappa shape index (κ2) is 4.23. The van der Waals surface area contributed by atoms with Gasteiger partial charge in [0.25, 0.3) is 9.05 Å². The van der Waals surface area contributed by atoms with Crippen molar-refractivity contribution in [2.24, 2.45) is 0 Å². The smallest absolute Gasteiger partial charge is 0.261 e. The van der Waals surface area contributed by atoms with Crippen LogP contribution in [0.1, 0.15) is 6.42 Å². The van der Waals surface area contributed by atoms with Crippen LogP contribution in [0.15, 0.2) is 29.2 Å². The zero-order valence-electron chi connectivity index (χ0n) is 7.89. The van der Waals surface area contributed by atoms with Crippen molar-refractivity contribution >= 4 is 37.4 Å². The fraction of sp³-hybridized carbons (Fsp3) is 0.333. The minimum Gasteiger partial charge on any atom is -0.316 e. The van der Waals surface area contributed by atoms with Crippen LogP contribution in [0.3, 0.4) is 0 Å². The topological polar surface area (TPSA) is 37.4 Å². The van der Waals surface area contributed by atoms with E-state index in [2.05, 4.69) is 4.31 Å². The summed E-state index contributed by atoms with van der Waals surface area (Å²) in [6.45, 7) is 1.01. The van der Waals surface area contributed by atoms with Crippen LogP contribution < -0.4 is 4.31 Å². The highest BCUT2D eigenvalue weighted by Gasteiger charge is 2.15. The molecule has 2 rings (SSSR count). The molecule has 1 aliphatic rings. The van der Waals surface area contributed by atoms with Crippen LogP contribution in [0.2, 0.25) is 0 Å². The summed E-state index contributed by atoms with van der Waals surface area (Å²) in [6, 6.07) is 6.65. The summed E-state index contributed by atoms with van der Waals surface area (Å²) >= 11 is 1.76. The molecule has 0 bridgehead atoms. The molecule has 0 aromatic heterocycles. The lowest BCUT2D eigenvalue weighted by Gasteiger charge is -2.15. The minimum atomic E-state index is -3.60. The molecule has 82 valence electrons. The molecule has 0 unspecified atom stereocenters. The van der Waals surface area contributed by atoms with Gasteiger partial charge in [-0.3, -0.25) is 0 Å². The third-order valence-corrected chi connectivity index (χ3v) is 4.70. The standard InChI is InChI=1S/C9H10ClNO2S2/c10-15(12,13)9-4-2-8(3-5-9)11-6-1-7-14-11/h2-5H,1,6-7H2. The van der Waals surface area contributed by atoms with Crippen molar-refractivity contribution in [2.75, 3.05) is 16.6 Å². The monoisotopic (exact) mass is 263 g/mol. The van der Waals surface area contributed by atoms with E-state index in [0.29, 0.717) is 0 Å². The molecule has 1 aliphatic heterocycles. The van der Waals surface area contributed by atoms with Crippen molar-refractivity contribution in [3.05, 3.63) is 24.3 Å². The molecule has 0 amide bonds. The lowest BCUT2D eigenvalue weighted by molar-refractivity contribution is 0.609. The van der Waals surface area contributed by atoms with Gasteiger partial charge < -0.3 is 4.31 Å². The SMILES string of the molecule is O=S(=O)(Cl)c1ccc(N2CCCS2)cc1. The number of hydrogen-bond acceptors (Lipinski definition) is 4. The second-order valence-electron chi connectivity index (χ2n) is 3.22. The van der Waals surface area contributed by atoms with E-state index in [4.69, 9.17) is 10.7 Å². The van der Waals surface area contributed by atoms with Crippen molar-refractivity contribution in [1.29, 1.82) is 0 Å². The molecule has 0 saturated carbocycles. The van der Waals surface area contributed by atoms with E-state index in [1.165, 1.54) is 18.6 Å². The summed E-state index contributed by atoms with van der Waals surface area (Å²) in [5.41, 5.74) is 1.03. The maximum Gasteiger partial charge on any atom is 0.261 e. The zero-order valence-corrected chi connectivity index (χ0v) is 10.3. The van der Waals surface area contributed by atoms with Crippen molar-refractivity contribution in [3.8, 4) is 0 Å². The number of anilines is 1. The Morgan fingerprint density at radius 2 is 1.93 bits per heavy atom. The van der Waals surface area contributed by atoms with Crippen LogP contribution >= 0.6 is 22.6 Å². The first-order valence-corrected chi connectivity index (χ1v) is 7.78. The summed E-state index contributed by atoms with van der Waals surface area (Å²) in [7, 11) is 1.63. The first-order valence-electron chi connectivity index (χ1n) is 4.52. The summed E-state index contributed by atoms with van der Waals surface area (Å²) < 4.78 is 24.2. The molecule has 0 spiro atoms. The highest BCUT2D eigenvalue weighted by Crippen LogP contribution is 2.29. The van der Waals surface area contributed by atoms with Gasteiger partial charge >= 0.3 is 0 Å². The molecule has 0 radical (unpaired) electrons. The fourth-order valence-corrected chi connectivity index (χ4v) is 3.20. The largest absolute Gasteiger partial charge is 0.316 e. The third-order valence-electron chi connectivity index (χ3n) is 2.16. The van der Waals surface area contributed by atoms with Crippen molar-refractivity contribution in [1.82, 2.24) is 0 Å². The number of halogens is 1. The maximum atomic E-state index is 11.0. The fourth-order valence-electron chi connectivity index (χ4n) is 1.43. The van der Waals surface area contributed by atoms with Gasteiger partial charge in [-0.2, -0.15) is 0 Å². The second-order valence-corrected chi connectivity index (χ2v) is 6.89. The van der Waals surface area contributed by atoms with Gasteiger partial charge in [0.2, 0.25) is 0 Å². The molecule has 3 nitrogen and oxygen atoms in total. The molecule has 1 heterocycles. The Kier molecular flexibility index (Phi) is 3.13. The molecule has 0 N–H and O–H groups in total. The van der Waals surface area contributed by atoms with E-state index in [9.17, 15) is 8.42 Å². The molecule has 15 heavy (non-hydrogen) atoms. The number of hydrogen-bond donors (Lipinski definition) is 0. The predicted molar refractivity (Wildman–Crippen MR) is 63.9 cm³/mol. The van der Waals surface area contributed by atoms with Crippen LogP contribution in [-0.2, 0) is 9.05 Å². The Bertz CT molecular complexity index is 438. The van der Waals surface area contributed by atoms with E-state index in [-0.39, 0.29) is 4.90 Å². The maximum absolute atomic E-state index is 11.0. The van der Waals surface area contributed by atoms with E-state index in [1.54, 1.807) is 24.1 Å². The average molecular weight is 264 g/mol. The van der Waals surface area contributed by atoms with Crippen molar-refractivity contribution in [3.63, 3.8) is 0 Å². The highest BCUT2D eigenvalue weighted by molar-refractivity contribution is 8.13. The van der Waals surface area contributed by atoms with Crippen molar-refractivity contribution < 1.29 is 8.42 Å². The molecular weight excluding hydrogens is 254 g/mol. The third kappa shape index (κ3) is 2.59. The summed E-state index contributed by atoms with van der Waals surface area (Å²) in [6.07, 6.45) is 1.17. The van der Waals surface area contributed by atoms with Crippen LogP contribution in [0.5, 0.6) is 0 Å². The lowest BCUT2D eigenvalue weighted by Crippen LogP contribution is -2.08. The lowest BCUT2D eigenvalue weighted by atomic mass is 10.3. The Morgan fingerprint density at radius 1 is 1.27 bits per heavy atom. The van der Waals surface area contributed by atoms with Crippen LogP contribution in [0, 0.1) is 0 Å². The van der Waals surface area contributed by atoms with Crippen molar-refractivity contribution in [2.45, 2.75) is 11.3 Å². The molecule has 1 aromatic rings. The van der Waals surface area contributed by atoms with Crippen LogP contribution in [-0.4, -0.2) is 20.7 Å². The van der Waals surface area contributed by atoms with Crippen LogP contribution in [0.4, 0.5) is 5.69 Å². The van der Waals surface area contributed by atoms with Gasteiger partial charge in [0.1, 0.15) is 0 Å². The summed E-state index contributed by atoms with van der Waals surface area (Å²) in [5, 5.41) is 0. The summed E-state index contributed by atoms with van der Waals surface area (Å²) in [5.74, 6) is 1.12. The Morgan fingerprint density at radius 3 is 2.40 bits per heavy atom. The molecule has 0 atom stereocenters.